The van der Waals surface area contributed by atoms with Crippen LogP contribution >= 0.6 is 0 Å². The van der Waals surface area contributed by atoms with E-state index in [9.17, 15) is 0 Å². The van der Waals surface area contributed by atoms with Crippen LogP contribution in [0.2, 0.25) is 0 Å². The Morgan fingerprint density at radius 2 is 2.27 bits per heavy atom. The van der Waals surface area contributed by atoms with Crippen LogP contribution in [0.15, 0.2) is 11.8 Å². The van der Waals surface area contributed by atoms with E-state index >= 15 is 0 Å². The van der Waals surface area contributed by atoms with Gasteiger partial charge in [0, 0.05) is 18.8 Å². The van der Waals surface area contributed by atoms with Gasteiger partial charge in [-0.15, -0.1) is 0 Å². The second-order valence-electron chi connectivity index (χ2n) is 3.71. The highest BCUT2D eigenvalue weighted by Crippen LogP contribution is 2.32. The van der Waals surface area contributed by atoms with Gasteiger partial charge in [-0.1, -0.05) is 6.42 Å². The maximum absolute atomic E-state index is 3.45. The van der Waals surface area contributed by atoms with E-state index in [0.717, 1.165) is 5.92 Å². The fraction of sp³-hybridized carbons (Fsp3) is 0.778. The monoisotopic (exact) mass is 152 g/mol. The highest BCUT2D eigenvalue weighted by atomic mass is 15.5. The summed E-state index contributed by atoms with van der Waals surface area (Å²) in [7, 11) is 2.09. The van der Waals surface area contributed by atoms with Gasteiger partial charge in [-0.25, -0.2) is 5.43 Å². The molecule has 2 nitrogen and oxygen atoms in total. The minimum atomic E-state index is 0.633. The van der Waals surface area contributed by atoms with Crippen molar-refractivity contribution in [3.05, 3.63) is 11.8 Å². The number of nitrogens with one attached hydrogen (secondary N) is 1. The summed E-state index contributed by atoms with van der Waals surface area (Å²) in [4.78, 5) is 0. The van der Waals surface area contributed by atoms with E-state index in [1.807, 2.05) is 0 Å². The zero-order valence-electron chi connectivity index (χ0n) is 7.30. The predicted molar refractivity (Wildman–Crippen MR) is 45.8 cm³/mol. The lowest BCUT2D eigenvalue weighted by molar-refractivity contribution is 0.204. The predicted octanol–water partition coefficient (Wildman–Crippen LogP) is 1.51. The van der Waals surface area contributed by atoms with Gasteiger partial charge in [-0.2, -0.15) is 0 Å². The smallest absolute Gasteiger partial charge is 0.0490 e. The molecule has 0 bridgehead atoms. The largest absolute Gasteiger partial charge is 0.316 e. The summed E-state index contributed by atoms with van der Waals surface area (Å²) in [6, 6.07) is 0.633. The van der Waals surface area contributed by atoms with Crippen molar-refractivity contribution in [1.29, 1.82) is 0 Å². The number of hydrazine groups is 1. The van der Waals surface area contributed by atoms with Crippen molar-refractivity contribution in [1.82, 2.24) is 10.4 Å². The summed E-state index contributed by atoms with van der Waals surface area (Å²) in [6.07, 6.45) is 6.61. The molecule has 0 saturated heterocycles. The number of allylic oxidation sites excluding steroid dienone is 1. The molecule has 1 fully saturated rings. The third kappa shape index (κ3) is 1.16. The van der Waals surface area contributed by atoms with E-state index in [2.05, 4.69) is 30.5 Å². The molecule has 0 radical (unpaired) electrons. The molecule has 1 atom stereocenters. The summed E-state index contributed by atoms with van der Waals surface area (Å²) in [5, 5.41) is 2.13. The van der Waals surface area contributed by atoms with Gasteiger partial charge in [0.05, 0.1) is 0 Å². The molecule has 0 aromatic rings. The van der Waals surface area contributed by atoms with E-state index in [1.54, 1.807) is 0 Å². The Kier molecular flexibility index (Phi) is 1.64. The SMILES string of the molecule is CC1=CC(C2CCC2)NN1C. The second-order valence-corrected chi connectivity index (χ2v) is 3.71. The Labute approximate surface area is 68.2 Å². The maximum Gasteiger partial charge on any atom is 0.0490 e. The molecule has 11 heavy (non-hydrogen) atoms. The van der Waals surface area contributed by atoms with Crippen LogP contribution in [0.3, 0.4) is 0 Å². The van der Waals surface area contributed by atoms with Crippen molar-refractivity contribution in [3.8, 4) is 0 Å². The molecular weight excluding hydrogens is 136 g/mol. The average Bonchev–Trinajstić information content (AvgIpc) is 2.08. The van der Waals surface area contributed by atoms with Crippen LogP contribution in [0.25, 0.3) is 0 Å². The molecule has 1 saturated carbocycles. The van der Waals surface area contributed by atoms with Crippen LogP contribution < -0.4 is 5.43 Å². The van der Waals surface area contributed by atoms with Crippen molar-refractivity contribution in [2.75, 3.05) is 7.05 Å². The van der Waals surface area contributed by atoms with E-state index < -0.39 is 0 Å². The van der Waals surface area contributed by atoms with Crippen molar-refractivity contribution >= 4 is 0 Å². The molecule has 1 aliphatic heterocycles. The maximum atomic E-state index is 3.45. The van der Waals surface area contributed by atoms with Gasteiger partial charge in [0.25, 0.3) is 0 Å². The Balaban J connectivity index is 1.97. The highest BCUT2D eigenvalue weighted by molar-refractivity contribution is 5.10. The Bertz CT molecular complexity index is 182. The standard InChI is InChI=1S/C9H16N2/c1-7-6-9(10-11(7)2)8-4-3-5-8/h6,8-10H,3-5H2,1-2H3. The molecule has 1 unspecified atom stereocenters. The molecule has 0 aromatic heterocycles. The highest BCUT2D eigenvalue weighted by Gasteiger charge is 2.29. The number of hydrogen-bond donors (Lipinski definition) is 1. The van der Waals surface area contributed by atoms with Gasteiger partial charge in [-0.05, 0) is 31.8 Å². The van der Waals surface area contributed by atoms with Crippen LogP contribution in [0.5, 0.6) is 0 Å². The minimum absolute atomic E-state index is 0.633. The first-order chi connectivity index (χ1) is 5.27. The molecule has 0 aromatic carbocycles. The molecule has 1 N–H and O–H groups in total. The van der Waals surface area contributed by atoms with Gasteiger partial charge in [-0.3, -0.25) is 0 Å². The lowest BCUT2D eigenvalue weighted by atomic mass is 9.80. The van der Waals surface area contributed by atoms with Crippen LogP contribution in [0.1, 0.15) is 26.2 Å². The van der Waals surface area contributed by atoms with Crippen molar-refractivity contribution in [2.24, 2.45) is 5.92 Å². The molecule has 62 valence electrons. The lowest BCUT2D eigenvalue weighted by Crippen LogP contribution is -2.40. The number of hydrogen-bond acceptors (Lipinski definition) is 2. The summed E-state index contributed by atoms with van der Waals surface area (Å²) < 4.78 is 0. The molecule has 1 heterocycles. The Morgan fingerprint density at radius 3 is 2.64 bits per heavy atom. The molecule has 1 aliphatic carbocycles. The summed E-state index contributed by atoms with van der Waals surface area (Å²) in [5.41, 5.74) is 4.81. The van der Waals surface area contributed by atoms with Gasteiger partial charge in [0.15, 0.2) is 0 Å². The van der Waals surface area contributed by atoms with Gasteiger partial charge in [0.2, 0.25) is 0 Å². The molecule has 0 spiro atoms. The first-order valence-corrected chi connectivity index (χ1v) is 4.45. The first-order valence-electron chi connectivity index (χ1n) is 4.45. The van der Waals surface area contributed by atoms with E-state index in [0.29, 0.717) is 6.04 Å². The van der Waals surface area contributed by atoms with Crippen LogP contribution in [0.4, 0.5) is 0 Å². The van der Waals surface area contributed by atoms with Crippen molar-refractivity contribution in [2.45, 2.75) is 32.2 Å². The van der Waals surface area contributed by atoms with Crippen LogP contribution in [0, 0.1) is 5.92 Å². The third-order valence-electron chi connectivity index (χ3n) is 2.95. The molecule has 0 amide bonds. The number of nitrogens with zero attached hydrogens (tertiary/aromatic N) is 1. The van der Waals surface area contributed by atoms with E-state index in [-0.39, 0.29) is 0 Å². The Hall–Kier alpha value is -0.500. The molecule has 2 rings (SSSR count). The van der Waals surface area contributed by atoms with E-state index in [4.69, 9.17) is 0 Å². The van der Waals surface area contributed by atoms with Gasteiger partial charge in [0.1, 0.15) is 0 Å². The molecule has 2 heteroatoms. The van der Waals surface area contributed by atoms with Crippen LogP contribution in [-0.2, 0) is 0 Å². The van der Waals surface area contributed by atoms with Crippen molar-refractivity contribution < 1.29 is 0 Å². The van der Waals surface area contributed by atoms with Gasteiger partial charge < -0.3 is 5.01 Å². The lowest BCUT2D eigenvalue weighted by Gasteiger charge is -2.31. The minimum Gasteiger partial charge on any atom is -0.316 e. The third-order valence-corrected chi connectivity index (χ3v) is 2.95. The fourth-order valence-electron chi connectivity index (χ4n) is 1.77. The quantitative estimate of drug-likeness (QED) is 0.612. The first kappa shape index (κ1) is 7.17. The summed E-state index contributed by atoms with van der Waals surface area (Å²) in [6.45, 7) is 2.16. The van der Waals surface area contributed by atoms with E-state index in [1.165, 1.54) is 25.0 Å². The summed E-state index contributed by atoms with van der Waals surface area (Å²) in [5.74, 6) is 0.912. The molecule has 2 aliphatic rings. The second kappa shape index (κ2) is 2.52. The fourth-order valence-corrected chi connectivity index (χ4v) is 1.77. The zero-order valence-corrected chi connectivity index (χ0v) is 7.30. The molecular formula is C9H16N2. The van der Waals surface area contributed by atoms with Crippen molar-refractivity contribution in [3.63, 3.8) is 0 Å². The normalized spacial score (nSPS) is 32.0. The number of rotatable bonds is 1. The van der Waals surface area contributed by atoms with Crippen LogP contribution in [-0.4, -0.2) is 18.1 Å². The Morgan fingerprint density at radius 1 is 1.55 bits per heavy atom. The summed E-state index contributed by atoms with van der Waals surface area (Å²) >= 11 is 0. The topological polar surface area (TPSA) is 15.3 Å². The van der Waals surface area contributed by atoms with Gasteiger partial charge >= 0.3 is 0 Å². The average molecular weight is 152 g/mol. The zero-order chi connectivity index (χ0) is 7.84.